The third-order valence-electron chi connectivity index (χ3n) is 2.44. The van der Waals surface area contributed by atoms with Crippen molar-refractivity contribution in [1.82, 2.24) is 5.32 Å². The van der Waals surface area contributed by atoms with Crippen molar-refractivity contribution in [2.45, 2.75) is 0 Å². The third kappa shape index (κ3) is 1.42. The predicted molar refractivity (Wildman–Crippen MR) is 50.9 cm³/mol. The first-order valence-corrected chi connectivity index (χ1v) is 4.37. The number of nitrogens with one attached hydrogen (secondary N) is 1. The van der Waals surface area contributed by atoms with Gasteiger partial charge in [0.2, 0.25) is 5.91 Å². The molecule has 1 aliphatic heterocycles. The van der Waals surface area contributed by atoms with E-state index in [1.54, 1.807) is 0 Å². The molecule has 2 rings (SSSR count). The van der Waals surface area contributed by atoms with E-state index in [1.165, 1.54) is 0 Å². The second kappa shape index (κ2) is 3.18. The Morgan fingerprint density at radius 1 is 1.54 bits per heavy atom. The largest absolute Gasteiger partial charge is 0.366 e. The SMILES string of the molecule is NC(=O)C1=C2C=CC=CC2CNC1. The van der Waals surface area contributed by atoms with Crippen LogP contribution in [0.25, 0.3) is 0 Å². The molecule has 3 N–H and O–H groups in total. The van der Waals surface area contributed by atoms with Crippen LogP contribution < -0.4 is 11.1 Å². The summed E-state index contributed by atoms with van der Waals surface area (Å²) in [6.45, 7) is 1.49. The van der Waals surface area contributed by atoms with Crippen molar-refractivity contribution in [3.8, 4) is 0 Å². The van der Waals surface area contributed by atoms with E-state index in [2.05, 4.69) is 11.4 Å². The lowest BCUT2D eigenvalue weighted by molar-refractivity contribution is -0.114. The Hall–Kier alpha value is -1.35. The van der Waals surface area contributed by atoms with Crippen LogP contribution in [0, 0.1) is 5.92 Å². The molecule has 0 saturated heterocycles. The number of hydrogen-bond donors (Lipinski definition) is 2. The second-order valence-corrected chi connectivity index (χ2v) is 3.28. The first kappa shape index (κ1) is 8.26. The highest BCUT2D eigenvalue weighted by atomic mass is 16.1. The van der Waals surface area contributed by atoms with E-state index in [0.29, 0.717) is 12.5 Å². The Morgan fingerprint density at radius 2 is 2.38 bits per heavy atom. The summed E-state index contributed by atoms with van der Waals surface area (Å²) in [5.41, 5.74) is 7.08. The zero-order valence-electron chi connectivity index (χ0n) is 7.29. The molecule has 0 aromatic carbocycles. The monoisotopic (exact) mass is 176 g/mol. The minimum absolute atomic E-state index is 0.313. The van der Waals surface area contributed by atoms with E-state index in [0.717, 1.165) is 17.7 Å². The number of amides is 1. The highest BCUT2D eigenvalue weighted by Crippen LogP contribution is 2.24. The molecule has 3 nitrogen and oxygen atoms in total. The van der Waals surface area contributed by atoms with Crippen LogP contribution >= 0.6 is 0 Å². The van der Waals surface area contributed by atoms with E-state index < -0.39 is 0 Å². The topological polar surface area (TPSA) is 55.1 Å². The number of carbonyl (C=O) groups is 1. The quantitative estimate of drug-likeness (QED) is 0.596. The van der Waals surface area contributed by atoms with Crippen LogP contribution in [0.5, 0.6) is 0 Å². The number of allylic oxidation sites excluding steroid dienone is 3. The molecular formula is C10H12N2O. The molecule has 13 heavy (non-hydrogen) atoms. The summed E-state index contributed by atoms with van der Waals surface area (Å²) < 4.78 is 0. The molecule has 68 valence electrons. The molecule has 1 amide bonds. The summed E-state index contributed by atoms with van der Waals surface area (Å²) in [5, 5.41) is 3.17. The molecule has 0 aromatic rings. The maximum Gasteiger partial charge on any atom is 0.246 e. The predicted octanol–water partition coefficient (Wildman–Crippen LogP) is 0.114. The van der Waals surface area contributed by atoms with Gasteiger partial charge in [-0.3, -0.25) is 4.79 Å². The first-order chi connectivity index (χ1) is 6.29. The molecule has 0 fully saturated rings. The number of hydrogen-bond acceptors (Lipinski definition) is 2. The summed E-state index contributed by atoms with van der Waals surface area (Å²) in [7, 11) is 0. The van der Waals surface area contributed by atoms with E-state index in [1.807, 2.05) is 18.2 Å². The van der Waals surface area contributed by atoms with Gasteiger partial charge in [0.25, 0.3) is 0 Å². The minimum atomic E-state index is -0.313. The van der Waals surface area contributed by atoms with Crippen LogP contribution in [0.15, 0.2) is 35.5 Å². The van der Waals surface area contributed by atoms with Gasteiger partial charge in [-0.15, -0.1) is 0 Å². The Bertz CT molecular complexity index is 326. The minimum Gasteiger partial charge on any atom is -0.366 e. The van der Waals surface area contributed by atoms with Gasteiger partial charge in [0.05, 0.1) is 0 Å². The third-order valence-corrected chi connectivity index (χ3v) is 2.44. The first-order valence-electron chi connectivity index (χ1n) is 4.37. The Balaban J connectivity index is 2.41. The maximum atomic E-state index is 11.1. The van der Waals surface area contributed by atoms with Gasteiger partial charge in [-0.25, -0.2) is 0 Å². The van der Waals surface area contributed by atoms with Gasteiger partial charge in [-0.1, -0.05) is 24.3 Å². The van der Waals surface area contributed by atoms with E-state index in [9.17, 15) is 4.79 Å². The van der Waals surface area contributed by atoms with Crippen LogP contribution in [0.4, 0.5) is 0 Å². The van der Waals surface area contributed by atoms with Gasteiger partial charge in [0.15, 0.2) is 0 Å². The molecular weight excluding hydrogens is 164 g/mol. The lowest BCUT2D eigenvalue weighted by Gasteiger charge is -2.25. The van der Waals surface area contributed by atoms with E-state index in [4.69, 9.17) is 5.73 Å². The van der Waals surface area contributed by atoms with Gasteiger partial charge in [-0.2, -0.15) is 0 Å². The van der Waals surface area contributed by atoms with Crippen molar-refractivity contribution in [3.05, 3.63) is 35.5 Å². The lowest BCUT2D eigenvalue weighted by Crippen LogP contribution is -2.36. The van der Waals surface area contributed by atoms with Gasteiger partial charge in [-0.05, 0) is 5.57 Å². The Morgan fingerprint density at radius 3 is 3.15 bits per heavy atom. The Labute approximate surface area is 77.0 Å². The lowest BCUT2D eigenvalue weighted by atomic mass is 9.87. The molecule has 2 aliphatic rings. The highest BCUT2D eigenvalue weighted by molar-refractivity contribution is 5.94. The molecule has 0 radical (unpaired) electrons. The molecule has 1 unspecified atom stereocenters. The summed E-state index contributed by atoms with van der Waals surface area (Å²) >= 11 is 0. The number of rotatable bonds is 1. The molecule has 0 bridgehead atoms. The molecule has 1 atom stereocenters. The average Bonchev–Trinajstić information content (AvgIpc) is 2.17. The van der Waals surface area contributed by atoms with Gasteiger partial charge in [0, 0.05) is 24.6 Å². The fourth-order valence-corrected chi connectivity index (χ4v) is 1.77. The maximum absolute atomic E-state index is 11.1. The summed E-state index contributed by atoms with van der Waals surface area (Å²) in [6, 6.07) is 0. The van der Waals surface area contributed by atoms with Gasteiger partial charge in [0.1, 0.15) is 0 Å². The van der Waals surface area contributed by atoms with Crippen LogP contribution in [-0.2, 0) is 4.79 Å². The zero-order chi connectivity index (χ0) is 9.26. The summed E-state index contributed by atoms with van der Waals surface area (Å²) in [4.78, 5) is 11.1. The van der Waals surface area contributed by atoms with Crippen molar-refractivity contribution in [2.75, 3.05) is 13.1 Å². The van der Waals surface area contributed by atoms with Crippen LogP contribution in [-0.4, -0.2) is 19.0 Å². The Kier molecular flexibility index (Phi) is 2.02. The van der Waals surface area contributed by atoms with Crippen molar-refractivity contribution in [2.24, 2.45) is 11.7 Å². The second-order valence-electron chi connectivity index (χ2n) is 3.28. The number of primary amides is 1. The molecule has 3 heteroatoms. The van der Waals surface area contributed by atoms with Gasteiger partial charge >= 0.3 is 0 Å². The fourth-order valence-electron chi connectivity index (χ4n) is 1.77. The normalized spacial score (nSPS) is 26.0. The van der Waals surface area contributed by atoms with Gasteiger partial charge < -0.3 is 11.1 Å². The number of fused-ring (bicyclic) bond motifs is 1. The smallest absolute Gasteiger partial charge is 0.246 e. The molecule has 0 aromatic heterocycles. The van der Waals surface area contributed by atoms with Crippen molar-refractivity contribution < 1.29 is 4.79 Å². The standard InChI is InChI=1S/C10H12N2O/c11-10(13)9-6-12-5-7-3-1-2-4-8(7)9/h1-4,7,12H,5-6H2,(H2,11,13). The number of nitrogens with two attached hydrogens (primary N) is 1. The highest BCUT2D eigenvalue weighted by Gasteiger charge is 2.22. The van der Waals surface area contributed by atoms with E-state index >= 15 is 0 Å². The average molecular weight is 176 g/mol. The molecule has 1 aliphatic carbocycles. The van der Waals surface area contributed by atoms with Crippen molar-refractivity contribution in [3.63, 3.8) is 0 Å². The molecule has 1 heterocycles. The number of carbonyl (C=O) groups excluding carboxylic acids is 1. The fraction of sp³-hybridized carbons (Fsp3) is 0.300. The zero-order valence-corrected chi connectivity index (χ0v) is 7.29. The molecule has 0 spiro atoms. The summed E-state index contributed by atoms with van der Waals surface area (Å²) in [5.74, 6) is 0.00778. The van der Waals surface area contributed by atoms with E-state index in [-0.39, 0.29) is 5.91 Å². The van der Waals surface area contributed by atoms with Crippen molar-refractivity contribution in [1.29, 1.82) is 0 Å². The summed E-state index contributed by atoms with van der Waals surface area (Å²) in [6.07, 6.45) is 8.01. The van der Waals surface area contributed by atoms with Crippen LogP contribution in [0.2, 0.25) is 0 Å². The van der Waals surface area contributed by atoms with Crippen molar-refractivity contribution >= 4 is 5.91 Å². The van der Waals surface area contributed by atoms with Crippen LogP contribution in [0.1, 0.15) is 0 Å². The molecule has 0 saturated carbocycles. The van der Waals surface area contributed by atoms with Crippen LogP contribution in [0.3, 0.4) is 0 Å².